The van der Waals surface area contributed by atoms with Gasteiger partial charge in [-0.3, -0.25) is 0 Å². The van der Waals surface area contributed by atoms with Gasteiger partial charge in [-0.1, -0.05) is 0 Å². The van der Waals surface area contributed by atoms with Gasteiger partial charge in [0.05, 0.1) is 0 Å². The first-order valence-electron chi connectivity index (χ1n) is 9.18. The van der Waals surface area contributed by atoms with Crippen LogP contribution in [0.25, 0.3) is 0 Å². The second kappa shape index (κ2) is 19.8. The van der Waals surface area contributed by atoms with Gasteiger partial charge in [-0.25, -0.2) is 0 Å². The van der Waals surface area contributed by atoms with Crippen molar-refractivity contribution in [1.29, 1.82) is 0 Å². The van der Waals surface area contributed by atoms with Crippen LogP contribution in [-0.2, 0) is 21.8 Å². The van der Waals surface area contributed by atoms with Crippen molar-refractivity contribution in [2.24, 2.45) is 0 Å². The first-order chi connectivity index (χ1) is 9.35. The molecule has 0 atom stereocenters. The second-order valence-corrected chi connectivity index (χ2v) is 13.6. The van der Waals surface area contributed by atoms with Crippen LogP contribution in [0.4, 0.5) is 0 Å². The van der Waals surface area contributed by atoms with Crippen molar-refractivity contribution in [3.63, 3.8) is 0 Å². The summed E-state index contributed by atoms with van der Waals surface area (Å²) in [5.74, 6) is 0. The minimum atomic E-state index is -0.948. The third-order valence-corrected chi connectivity index (χ3v) is 12.0. The fourth-order valence-corrected chi connectivity index (χ4v) is 10.2. The van der Waals surface area contributed by atoms with Crippen LogP contribution in [0.15, 0.2) is 0 Å². The fraction of sp³-hybridized carbons (Fsp3) is 1.00. The van der Waals surface area contributed by atoms with E-state index in [1.54, 1.807) is 31.6 Å². The summed E-state index contributed by atoms with van der Waals surface area (Å²) in [6.45, 7) is 6.99. The van der Waals surface area contributed by atoms with Crippen LogP contribution in [0.5, 0.6) is 0 Å². The molecule has 0 bridgehead atoms. The van der Waals surface area contributed by atoms with E-state index in [0.29, 0.717) is 0 Å². The number of unbranched alkanes of at least 4 members (excludes halogenated alkanes) is 9. The maximum atomic E-state index is 2.33. The van der Waals surface area contributed by atoms with Gasteiger partial charge in [0, 0.05) is 0 Å². The van der Waals surface area contributed by atoms with Gasteiger partial charge >= 0.3 is 132 Å². The Morgan fingerprint density at radius 1 is 0.450 bits per heavy atom. The molecule has 0 aromatic heterocycles. The van der Waals surface area contributed by atoms with Crippen molar-refractivity contribution in [1.82, 2.24) is 0 Å². The van der Waals surface area contributed by atoms with Gasteiger partial charge in [-0.15, -0.1) is 0 Å². The molecule has 0 unspecified atom stereocenters. The zero-order chi connectivity index (χ0) is 14.2. The molecule has 0 saturated heterocycles. The summed E-state index contributed by atoms with van der Waals surface area (Å²) >= 11 is -0.948. The van der Waals surface area contributed by atoms with Crippen molar-refractivity contribution in [2.75, 3.05) is 0 Å². The molecule has 1 nitrogen and oxygen atoms in total. The molecule has 0 amide bonds. The van der Waals surface area contributed by atoms with Crippen LogP contribution < -0.4 is 0 Å². The van der Waals surface area contributed by atoms with Gasteiger partial charge in [-0.2, -0.15) is 0 Å². The summed E-state index contributed by atoms with van der Waals surface area (Å²) in [6, 6.07) is 0. The predicted molar refractivity (Wildman–Crippen MR) is 88.8 cm³/mol. The van der Waals surface area contributed by atoms with E-state index >= 15 is 0 Å². The quantitative estimate of drug-likeness (QED) is 0.278. The summed E-state index contributed by atoms with van der Waals surface area (Å²) in [6.07, 6.45) is 17.9. The maximum Gasteiger partial charge on any atom is -0.870 e. The van der Waals surface area contributed by atoms with Crippen molar-refractivity contribution >= 4 is 0 Å². The molecule has 0 saturated carbocycles. The van der Waals surface area contributed by atoms with E-state index in [1.807, 2.05) is 0 Å². The Morgan fingerprint density at radius 2 is 0.750 bits per heavy atom. The van der Waals surface area contributed by atoms with Crippen molar-refractivity contribution in [3.8, 4) is 0 Å². The number of hydrogen-bond acceptors (Lipinski definition) is 1. The zero-order valence-electron chi connectivity index (χ0n) is 14.6. The maximum absolute atomic E-state index is 2.33. The van der Waals surface area contributed by atoms with Crippen LogP contribution in [0.2, 0.25) is 12.4 Å². The van der Waals surface area contributed by atoms with Crippen LogP contribution in [-0.4, -0.2) is 5.48 Å². The molecule has 0 fully saturated rings. The Labute approximate surface area is 137 Å². The standard InChI is InChI=1S/3C6H13.H2O.Zr/c3*1-3-5-6-4-2;;/h3*1,3-6H2,2H3;1H2;/q;;;;+1/p-1. The molecule has 122 valence electrons. The molecule has 0 spiro atoms. The molecular formula is C18H40OZr. The summed E-state index contributed by atoms with van der Waals surface area (Å²) in [5.41, 5.74) is 0. The summed E-state index contributed by atoms with van der Waals surface area (Å²) in [5, 5.41) is 0. The molecule has 0 aliphatic heterocycles. The molecule has 2 heteroatoms. The van der Waals surface area contributed by atoms with E-state index in [4.69, 9.17) is 0 Å². The van der Waals surface area contributed by atoms with Gasteiger partial charge in [0.1, 0.15) is 0 Å². The van der Waals surface area contributed by atoms with Crippen molar-refractivity contribution in [2.45, 2.75) is 110 Å². The first kappa shape index (κ1) is 23.1. The van der Waals surface area contributed by atoms with E-state index in [-0.39, 0.29) is 5.48 Å². The number of rotatable bonds is 15. The van der Waals surface area contributed by atoms with Crippen LogP contribution >= 0.6 is 0 Å². The molecule has 0 radical (unpaired) electrons. The van der Waals surface area contributed by atoms with E-state index < -0.39 is 21.8 Å². The van der Waals surface area contributed by atoms with Gasteiger partial charge in [0.25, 0.3) is 0 Å². The Balaban J connectivity index is 0. The summed E-state index contributed by atoms with van der Waals surface area (Å²) in [7, 11) is 0. The monoisotopic (exact) mass is 362 g/mol. The van der Waals surface area contributed by atoms with E-state index in [0.717, 1.165) is 0 Å². The molecule has 0 heterocycles. The summed E-state index contributed by atoms with van der Waals surface area (Å²) < 4.78 is 5.13. The topological polar surface area (TPSA) is 30.0 Å². The Kier molecular flexibility index (Phi) is 22.9. The fourth-order valence-electron chi connectivity index (χ4n) is 2.78. The Hall–Kier alpha value is 0.843. The second-order valence-electron chi connectivity index (χ2n) is 6.18. The molecule has 0 rings (SSSR count). The van der Waals surface area contributed by atoms with E-state index in [1.165, 1.54) is 57.8 Å². The van der Waals surface area contributed by atoms with E-state index in [9.17, 15) is 0 Å². The van der Waals surface area contributed by atoms with Crippen LogP contribution in [0.3, 0.4) is 0 Å². The average molecular weight is 364 g/mol. The van der Waals surface area contributed by atoms with Gasteiger partial charge < -0.3 is 5.48 Å². The molecule has 0 aromatic carbocycles. The van der Waals surface area contributed by atoms with Gasteiger partial charge in [0.15, 0.2) is 0 Å². The normalized spacial score (nSPS) is 10.3. The number of hydrogen-bond donors (Lipinski definition) is 0. The zero-order valence-corrected chi connectivity index (χ0v) is 17.0. The first-order valence-corrected chi connectivity index (χ1v) is 14.4. The third kappa shape index (κ3) is 16.9. The average Bonchev–Trinajstić information content (AvgIpc) is 2.43. The van der Waals surface area contributed by atoms with Gasteiger partial charge in [-0.05, 0) is 0 Å². The van der Waals surface area contributed by atoms with E-state index in [2.05, 4.69) is 20.8 Å². The molecule has 0 aliphatic rings. The smallest absolute Gasteiger partial charge is 0.870 e. The van der Waals surface area contributed by atoms with Gasteiger partial charge in [0.2, 0.25) is 0 Å². The molecule has 0 aromatic rings. The van der Waals surface area contributed by atoms with Crippen LogP contribution in [0.1, 0.15) is 97.8 Å². The molecule has 20 heavy (non-hydrogen) atoms. The molecule has 1 N–H and O–H groups in total. The van der Waals surface area contributed by atoms with Crippen molar-refractivity contribution < 1.29 is 27.2 Å². The van der Waals surface area contributed by atoms with Crippen LogP contribution in [0, 0.1) is 0 Å². The minimum Gasteiger partial charge on any atom is -0.870 e. The SMILES string of the molecule is CCCCC[CH2][Zr+]([CH2]CCCCC)[CH2]CCCCC.[OH-]. The predicted octanol–water partition coefficient (Wildman–Crippen LogP) is 7.42. The largest absolute Gasteiger partial charge is 0.870 e. The Morgan fingerprint density at radius 3 is 1.00 bits per heavy atom. The third-order valence-electron chi connectivity index (χ3n) is 4.15. The molecular weight excluding hydrogens is 323 g/mol. The summed E-state index contributed by atoms with van der Waals surface area (Å²) in [4.78, 5) is 0. The Bertz CT molecular complexity index is 133. The minimum absolute atomic E-state index is 0. The van der Waals surface area contributed by atoms with Crippen molar-refractivity contribution in [3.05, 3.63) is 0 Å². The molecule has 0 aliphatic carbocycles.